The van der Waals surface area contributed by atoms with Crippen LogP contribution in [0.3, 0.4) is 0 Å². The molecule has 0 N–H and O–H groups in total. The van der Waals surface area contributed by atoms with Crippen LogP contribution in [0.2, 0.25) is 0 Å². The number of aromatic nitrogens is 1. The number of nitrogens with zero attached hydrogens (tertiary/aromatic N) is 1. The zero-order valence-corrected chi connectivity index (χ0v) is 13.9. The summed E-state index contributed by atoms with van der Waals surface area (Å²) in [6.07, 6.45) is -2.55. The average Bonchev–Trinajstić information content (AvgIpc) is 2.87. The molecular weight excluding hydrogens is 335 g/mol. The van der Waals surface area contributed by atoms with Crippen molar-refractivity contribution >= 4 is 0 Å². The molecular formula is C18H18F3NO3. The number of rotatable bonds is 4. The lowest BCUT2D eigenvalue weighted by molar-refractivity contribution is -0.137. The second-order valence-electron chi connectivity index (χ2n) is 6.01. The summed E-state index contributed by atoms with van der Waals surface area (Å²) in [5, 5.41) is 0. The molecule has 1 aliphatic rings. The quantitative estimate of drug-likeness (QED) is 0.843. The van der Waals surface area contributed by atoms with E-state index in [9.17, 15) is 18.0 Å². The lowest BCUT2D eigenvalue weighted by atomic mass is 10.1. The number of benzene rings is 1. The van der Waals surface area contributed by atoms with E-state index in [1.54, 1.807) is 6.07 Å². The van der Waals surface area contributed by atoms with Gasteiger partial charge in [-0.3, -0.25) is 4.79 Å². The molecule has 3 rings (SSSR count). The van der Waals surface area contributed by atoms with Crippen molar-refractivity contribution in [3.63, 3.8) is 0 Å². The van der Waals surface area contributed by atoms with Crippen LogP contribution in [0, 0.1) is 0 Å². The fourth-order valence-corrected chi connectivity index (χ4v) is 2.89. The van der Waals surface area contributed by atoms with Crippen LogP contribution in [-0.2, 0) is 19.1 Å². The van der Waals surface area contributed by atoms with Crippen LogP contribution in [0.1, 0.15) is 30.5 Å². The molecule has 134 valence electrons. The van der Waals surface area contributed by atoms with Gasteiger partial charge < -0.3 is 14.0 Å². The Morgan fingerprint density at radius 2 is 2.08 bits per heavy atom. The van der Waals surface area contributed by atoms with Gasteiger partial charge >= 0.3 is 6.18 Å². The molecule has 1 atom stereocenters. The van der Waals surface area contributed by atoms with Gasteiger partial charge in [0.25, 0.3) is 5.56 Å². The second kappa shape index (κ2) is 6.46. The first-order chi connectivity index (χ1) is 11.8. The van der Waals surface area contributed by atoms with E-state index in [1.165, 1.54) is 4.57 Å². The Balaban J connectivity index is 1.95. The molecule has 0 saturated heterocycles. The average molecular weight is 353 g/mol. The molecule has 1 aromatic carbocycles. The highest BCUT2D eigenvalue weighted by atomic mass is 19.4. The summed E-state index contributed by atoms with van der Waals surface area (Å²) in [4.78, 5) is 12.0. The monoisotopic (exact) mass is 353 g/mol. The third-order valence-electron chi connectivity index (χ3n) is 4.04. The summed E-state index contributed by atoms with van der Waals surface area (Å²) < 4.78 is 50.7. The van der Waals surface area contributed by atoms with E-state index < -0.39 is 17.3 Å². The van der Waals surface area contributed by atoms with Crippen LogP contribution < -0.4 is 15.0 Å². The lowest BCUT2D eigenvalue weighted by Gasteiger charge is -2.14. The maximum absolute atomic E-state index is 12.7. The fourth-order valence-electron chi connectivity index (χ4n) is 2.89. The maximum atomic E-state index is 12.7. The fraction of sp³-hybridized carbons (Fsp3) is 0.389. The van der Waals surface area contributed by atoms with Gasteiger partial charge in [0.1, 0.15) is 17.6 Å². The van der Waals surface area contributed by atoms with Crippen molar-refractivity contribution < 1.29 is 22.6 Å². The predicted octanol–water partition coefficient (Wildman–Crippen LogP) is 3.64. The van der Waals surface area contributed by atoms with E-state index in [4.69, 9.17) is 9.47 Å². The second-order valence-corrected chi connectivity index (χ2v) is 6.01. The maximum Gasteiger partial charge on any atom is 0.416 e. The van der Waals surface area contributed by atoms with Gasteiger partial charge in [-0.1, -0.05) is 0 Å². The van der Waals surface area contributed by atoms with Crippen molar-refractivity contribution in [3.05, 3.63) is 57.5 Å². The molecule has 0 fully saturated rings. The molecule has 0 amide bonds. The van der Waals surface area contributed by atoms with Crippen molar-refractivity contribution in [1.29, 1.82) is 0 Å². The van der Waals surface area contributed by atoms with E-state index in [0.29, 0.717) is 24.0 Å². The minimum Gasteiger partial charge on any atom is -0.494 e. The summed E-state index contributed by atoms with van der Waals surface area (Å²) in [7, 11) is 0. The molecule has 25 heavy (non-hydrogen) atoms. The Kier molecular flexibility index (Phi) is 4.49. The Morgan fingerprint density at radius 3 is 2.72 bits per heavy atom. The molecule has 0 spiro atoms. The van der Waals surface area contributed by atoms with Crippen molar-refractivity contribution in [2.45, 2.75) is 39.1 Å². The van der Waals surface area contributed by atoms with Crippen molar-refractivity contribution in [2.24, 2.45) is 0 Å². The molecule has 4 nitrogen and oxygen atoms in total. The number of hydrogen-bond donors (Lipinski definition) is 0. The first-order valence-corrected chi connectivity index (χ1v) is 8.01. The van der Waals surface area contributed by atoms with Gasteiger partial charge in [0, 0.05) is 29.8 Å². The SMILES string of the molecule is CCOc1cc2c(cc1Cn1ccc(C(F)(F)F)cc1=O)OC(C)C2. The molecule has 1 aliphatic heterocycles. The summed E-state index contributed by atoms with van der Waals surface area (Å²) in [6, 6.07) is 5.18. The van der Waals surface area contributed by atoms with Gasteiger partial charge in [-0.2, -0.15) is 13.2 Å². The standard InChI is InChI=1S/C18H18F3NO3/c1-3-24-15-7-12-6-11(2)25-16(12)8-13(15)10-22-5-4-14(9-17(22)23)18(19,20)21/h4-5,7-9,11H,3,6,10H2,1-2H3. The first kappa shape index (κ1) is 17.4. The number of alkyl halides is 3. The Bertz CT molecular complexity index is 842. The summed E-state index contributed by atoms with van der Waals surface area (Å²) >= 11 is 0. The number of halogens is 3. The molecule has 0 saturated carbocycles. The lowest BCUT2D eigenvalue weighted by Crippen LogP contribution is -2.22. The van der Waals surface area contributed by atoms with Crippen molar-refractivity contribution in [1.82, 2.24) is 4.57 Å². The molecule has 0 radical (unpaired) electrons. The topological polar surface area (TPSA) is 40.5 Å². The molecule has 0 bridgehead atoms. The van der Waals surface area contributed by atoms with Crippen LogP contribution in [0.15, 0.2) is 35.3 Å². The van der Waals surface area contributed by atoms with Gasteiger partial charge in [0.05, 0.1) is 18.7 Å². The van der Waals surface area contributed by atoms with E-state index in [0.717, 1.165) is 30.0 Å². The smallest absolute Gasteiger partial charge is 0.416 e. The zero-order valence-electron chi connectivity index (χ0n) is 13.9. The number of hydrogen-bond acceptors (Lipinski definition) is 3. The number of fused-ring (bicyclic) bond motifs is 1. The summed E-state index contributed by atoms with van der Waals surface area (Å²) in [6.45, 7) is 4.36. The van der Waals surface area contributed by atoms with E-state index >= 15 is 0 Å². The van der Waals surface area contributed by atoms with Crippen molar-refractivity contribution in [2.75, 3.05) is 6.61 Å². The molecule has 0 aliphatic carbocycles. The highest BCUT2D eigenvalue weighted by molar-refractivity contribution is 5.48. The predicted molar refractivity (Wildman–Crippen MR) is 86.2 cm³/mol. The highest BCUT2D eigenvalue weighted by Crippen LogP contribution is 2.35. The Morgan fingerprint density at radius 1 is 1.32 bits per heavy atom. The van der Waals surface area contributed by atoms with Crippen LogP contribution in [0.4, 0.5) is 13.2 Å². The zero-order chi connectivity index (χ0) is 18.2. The van der Waals surface area contributed by atoms with Gasteiger partial charge in [-0.05, 0) is 32.0 Å². The number of pyridine rings is 1. The minimum atomic E-state index is -4.54. The van der Waals surface area contributed by atoms with Crippen molar-refractivity contribution in [3.8, 4) is 11.5 Å². The van der Waals surface area contributed by atoms with Crippen LogP contribution >= 0.6 is 0 Å². The Labute approximate surface area is 142 Å². The van der Waals surface area contributed by atoms with E-state index in [1.807, 2.05) is 19.9 Å². The highest BCUT2D eigenvalue weighted by Gasteiger charge is 2.31. The van der Waals surface area contributed by atoms with Gasteiger partial charge in [0.15, 0.2) is 0 Å². The normalized spacial score (nSPS) is 16.4. The van der Waals surface area contributed by atoms with Crippen LogP contribution in [-0.4, -0.2) is 17.3 Å². The van der Waals surface area contributed by atoms with Gasteiger partial charge in [-0.15, -0.1) is 0 Å². The molecule has 1 unspecified atom stereocenters. The van der Waals surface area contributed by atoms with E-state index in [2.05, 4.69) is 0 Å². The first-order valence-electron chi connectivity index (χ1n) is 8.01. The molecule has 2 heterocycles. The molecule has 2 aromatic rings. The largest absolute Gasteiger partial charge is 0.494 e. The van der Waals surface area contributed by atoms with Gasteiger partial charge in [-0.25, -0.2) is 0 Å². The molecule has 7 heteroatoms. The minimum absolute atomic E-state index is 0.0634. The van der Waals surface area contributed by atoms with Gasteiger partial charge in [0.2, 0.25) is 0 Å². The third-order valence-corrected chi connectivity index (χ3v) is 4.04. The number of ether oxygens (including phenoxy) is 2. The molecule has 1 aromatic heterocycles. The van der Waals surface area contributed by atoms with Crippen LogP contribution in [0.25, 0.3) is 0 Å². The van der Waals surface area contributed by atoms with Crippen LogP contribution in [0.5, 0.6) is 11.5 Å². The Hall–Kier alpha value is -2.44. The van der Waals surface area contributed by atoms with E-state index in [-0.39, 0.29) is 12.6 Å². The third kappa shape index (κ3) is 3.65. The summed E-state index contributed by atoms with van der Waals surface area (Å²) in [5.41, 5.74) is 0.0491. The summed E-state index contributed by atoms with van der Waals surface area (Å²) in [5.74, 6) is 1.34.